The van der Waals surface area contributed by atoms with E-state index in [0.717, 1.165) is 43.2 Å². The highest BCUT2D eigenvalue weighted by Gasteiger charge is 2.42. The Labute approximate surface area is 205 Å². The SMILES string of the molecule is O=C(NCC1(CC(=O)N2CCCC[C@@H]2C(=O)O)CCC1)OCC1c2ccccc2-c2ccccc21. The molecule has 1 saturated heterocycles. The van der Waals surface area contributed by atoms with Crippen molar-refractivity contribution in [3.8, 4) is 11.1 Å². The molecule has 1 saturated carbocycles. The number of fused-ring (bicyclic) bond motifs is 3. The summed E-state index contributed by atoms with van der Waals surface area (Å²) < 4.78 is 5.65. The van der Waals surface area contributed by atoms with E-state index in [1.165, 1.54) is 16.0 Å². The highest BCUT2D eigenvalue weighted by molar-refractivity contribution is 5.84. The molecule has 0 unspecified atom stereocenters. The number of ether oxygens (including phenoxy) is 1. The van der Waals surface area contributed by atoms with Crippen LogP contribution < -0.4 is 5.32 Å². The molecule has 1 atom stereocenters. The van der Waals surface area contributed by atoms with E-state index in [4.69, 9.17) is 4.74 Å². The average molecular weight is 477 g/mol. The van der Waals surface area contributed by atoms with E-state index < -0.39 is 18.1 Å². The lowest BCUT2D eigenvalue weighted by Crippen LogP contribution is -2.51. The van der Waals surface area contributed by atoms with Crippen LogP contribution in [0.3, 0.4) is 0 Å². The number of carbonyl (C=O) groups is 3. The molecule has 3 aliphatic rings. The van der Waals surface area contributed by atoms with Gasteiger partial charge in [-0.3, -0.25) is 4.79 Å². The number of nitrogens with one attached hydrogen (secondary N) is 1. The molecule has 2 aromatic rings. The largest absolute Gasteiger partial charge is 0.480 e. The minimum atomic E-state index is -0.933. The number of aliphatic carboxylic acids is 1. The first-order valence-electron chi connectivity index (χ1n) is 12.6. The second kappa shape index (κ2) is 9.72. The molecule has 2 aromatic carbocycles. The van der Waals surface area contributed by atoms with Crippen LogP contribution in [0.2, 0.25) is 0 Å². The Morgan fingerprint density at radius 1 is 0.971 bits per heavy atom. The molecule has 2 N–H and O–H groups in total. The van der Waals surface area contributed by atoms with Crippen LogP contribution in [0.1, 0.15) is 62.0 Å². The first kappa shape index (κ1) is 23.4. The Morgan fingerprint density at radius 3 is 2.23 bits per heavy atom. The maximum atomic E-state index is 13.0. The normalized spacial score (nSPS) is 20.3. The summed E-state index contributed by atoms with van der Waals surface area (Å²) in [6.07, 6.45) is 4.64. The monoisotopic (exact) mass is 476 g/mol. The lowest BCUT2D eigenvalue weighted by Gasteiger charge is -2.43. The van der Waals surface area contributed by atoms with Crippen molar-refractivity contribution >= 4 is 18.0 Å². The number of carbonyl (C=O) groups excluding carboxylic acids is 2. The number of benzene rings is 2. The van der Waals surface area contributed by atoms with Crippen LogP contribution in [0.15, 0.2) is 48.5 Å². The average Bonchev–Trinajstić information content (AvgIpc) is 3.17. The maximum Gasteiger partial charge on any atom is 0.407 e. The fraction of sp³-hybridized carbons (Fsp3) is 0.464. The minimum absolute atomic E-state index is 0.000514. The maximum absolute atomic E-state index is 13.0. The van der Waals surface area contributed by atoms with Crippen LogP contribution in [0.25, 0.3) is 11.1 Å². The van der Waals surface area contributed by atoms with Crippen LogP contribution in [-0.2, 0) is 14.3 Å². The number of hydrogen-bond acceptors (Lipinski definition) is 4. The van der Waals surface area contributed by atoms with Crippen molar-refractivity contribution in [1.82, 2.24) is 10.2 Å². The molecule has 0 spiro atoms. The van der Waals surface area contributed by atoms with Crippen LogP contribution in [-0.4, -0.2) is 53.7 Å². The van der Waals surface area contributed by atoms with Gasteiger partial charge in [0.15, 0.2) is 0 Å². The number of hydrogen-bond donors (Lipinski definition) is 2. The highest BCUT2D eigenvalue weighted by Crippen LogP contribution is 2.45. The molecule has 2 fully saturated rings. The summed E-state index contributed by atoms with van der Waals surface area (Å²) in [6.45, 7) is 1.10. The van der Waals surface area contributed by atoms with Crippen molar-refractivity contribution in [3.05, 3.63) is 59.7 Å². The predicted octanol–water partition coefficient (Wildman–Crippen LogP) is 4.55. The Balaban J connectivity index is 1.17. The van der Waals surface area contributed by atoms with Crippen molar-refractivity contribution in [2.24, 2.45) is 5.41 Å². The fourth-order valence-corrected chi connectivity index (χ4v) is 5.91. The van der Waals surface area contributed by atoms with E-state index in [1.54, 1.807) is 0 Å². The Bertz CT molecular complexity index is 1080. The van der Waals surface area contributed by atoms with Crippen molar-refractivity contribution in [2.75, 3.05) is 19.7 Å². The van der Waals surface area contributed by atoms with Gasteiger partial charge in [0, 0.05) is 25.4 Å². The van der Waals surface area contributed by atoms with Gasteiger partial charge in [0.1, 0.15) is 12.6 Å². The summed E-state index contributed by atoms with van der Waals surface area (Å²) >= 11 is 0. The molecule has 5 rings (SSSR count). The second-order valence-electron chi connectivity index (χ2n) is 10.1. The van der Waals surface area contributed by atoms with Crippen molar-refractivity contribution in [2.45, 2.75) is 56.9 Å². The molecule has 2 amide bonds. The smallest absolute Gasteiger partial charge is 0.407 e. The molecule has 0 aromatic heterocycles. The van der Waals surface area contributed by atoms with E-state index in [2.05, 4.69) is 29.6 Å². The molecule has 1 aliphatic heterocycles. The van der Waals surface area contributed by atoms with Crippen LogP contribution in [0.4, 0.5) is 4.79 Å². The Morgan fingerprint density at radius 2 is 1.63 bits per heavy atom. The lowest BCUT2D eigenvalue weighted by molar-refractivity contribution is -0.153. The number of rotatable bonds is 7. The van der Waals surface area contributed by atoms with Crippen LogP contribution >= 0.6 is 0 Å². The number of carboxylic acid groups (broad SMARTS) is 1. The fourth-order valence-electron chi connectivity index (χ4n) is 5.91. The number of alkyl carbamates (subject to hydrolysis) is 1. The topological polar surface area (TPSA) is 95.9 Å². The van der Waals surface area contributed by atoms with E-state index in [-0.39, 0.29) is 30.3 Å². The molecular formula is C28H32N2O5. The van der Waals surface area contributed by atoms with Gasteiger partial charge >= 0.3 is 12.1 Å². The van der Waals surface area contributed by atoms with Crippen molar-refractivity contribution in [3.63, 3.8) is 0 Å². The Kier molecular flexibility index (Phi) is 6.50. The van der Waals surface area contributed by atoms with Crippen molar-refractivity contribution in [1.29, 1.82) is 0 Å². The van der Waals surface area contributed by atoms with Crippen LogP contribution in [0.5, 0.6) is 0 Å². The third-order valence-electron chi connectivity index (χ3n) is 8.00. The van der Waals surface area contributed by atoms with Crippen molar-refractivity contribution < 1.29 is 24.2 Å². The standard InChI is InChI=1S/C28H32N2O5/c31-25(30-15-6-5-12-24(30)26(32)33)16-28(13-7-14-28)18-29-27(34)35-17-23-21-10-3-1-8-19(21)20-9-2-4-11-22(20)23/h1-4,8-11,23-24H,5-7,12-18H2,(H,29,34)(H,32,33)/t24-/m1/s1. The van der Waals surface area contributed by atoms with Crippen LogP contribution in [0, 0.1) is 5.41 Å². The lowest BCUT2D eigenvalue weighted by atomic mass is 9.66. The van der Waals surface area contributed by atoms with Gasteiger partial charge < -0.3 is 20.1 Å². The molecule has 0 bridgehead atoms. The zero-order valence-corrected chi connectivity index (χ0v) is 19.9. The number of amides is 2. The summed E-state index contributed by atoms with van der Waals surface area (Å²) in [5.41, 5.74) is 4.38. The third kappa shape index (κ3) is 4.64. The molecule has 1 heterocycles. The first-order chi connectivity index (χ1) is 17.0. The summed E-state index contributed by atoms with van der Waals surface area (Å²) in [4.78, 5) is 38.8. The number of likely N-dealkylation sites (tertiary alicyclic amines) is 1. The van der Waals surface area contributed by atoms with E-state index in [1.807, 2.05) is 24.3 Å². The third-order valence-corrected chi connectivity index (χ3v) is 8.00. The molecular weight excluding hydrogens is 444 g/mol. The summed E-state index contributed by atoms with van der Waals surface area (Å²) in [7, 11) is 0. The predicted molar refractivity (Wildman–Crippen MR) is 131 cm³/mol. The zero-order chi connectivity index (χ0) is 24.4. The zero-order valence-electron chi connectivity index (χ0n) is 19.9. The summed E-state index contributed by atoms with van der Waals surface area (Å²) in [6, 6.07) is 15.7. The quantitative estimate of drug-likeness (QED) is 0.611. The molecule has 184 valence electrons. The molecule has 7 heteroatoms. The van der Waals surface area contributed by atoms with Gasteiger partial charge in [0.2, 0.25) is 5.91 Å². The van der Waals surface area contributed by atoms with Gasteiger partial charge in [-0.25, -0.2) is 9.59 Å². The van der Waals surface area contributed by atoms with Gasteiger partial charge in [-0.1, -0.05) is 55.0 Å². The van der Waals surface area contributed by atoms with E-state index in [9.17, 15) is 19.5 Å². The molecule has 7 nitrogen and oxygen atoms in total. The first-order valence-corrected chi connectivity index (χ1v) is 12.6. The number of piperidine rings is 1. The molecule has 2 aliphatic carbocycles. The van der Waals surface area contributed by atoms with Gasteiger partial charge in [-0.2, -0.15) is 0 Å². The van der Waals surface area contributed by atoms with Gasteiger partial charge in [-0.05, 0) is 59.8 Å². The van der Waals surface area contributed by atoms with E-state index >= 15 is 0 Å². The minimum Gasteiger partial charge on any atom is -0.480 e. The van der Waals surface area contributed by atoms with Gasteiger partial charge in [-0.15, -0.1) is 0 Å². The van der Waals surface area contributed by atoms with E-state index in [0.29, 0.717) is 19.5 Å². The van der Waals surface area contributed by atoms with Gasteiger partial charge in [0.05, 0.1) is 0 Å². The number of nitrogens with zero attached hydrogens (tertiary/aromatic N) is 1. The second-order valence-corrected chi connectivity index (χ2v) is 10.1. The number of carboxylic acids is 1. The molecule has 35 heavy (non-hydrogen) atoms. The summed E-state index contributed by atoms with van der Waals surface area (Å²) in [5, 5.41) is 12.4. The Hall–Kier alpha value is -3.35. The molecule has 0 radical (unpaired) electrons. The summed E-state index contributed by atoms with van der Waals surface area (Å²) in [5.74, 6) is -1.05. The van der Waals surface area contributed by atoms with Gasteiger partial charge in [0.25, 0.3) is 0 Å². The highest BCUT2D eigenvalue weighted by atomic mass is 16.5.